The summed E-state index contributed by atoms with van der Waals surface area (Å²) >= 11 is 3.13. The highest BCUT2D eigenvalue weighted by atomic mass is 32.2. The minimum atomic E-state index is 0.501. The Labute approximate surface area is 145 Å². The highest BCUT2D eigenvalue weighted by Gasteiger charge is 2.15. The van der Waals surface area contributed by atoms with Gasteiger partial charge < -0.3 is 8.83 Å². The maximum atomic E-state index is 5.76. The molecular formula is C15H13N5O2S2. The van der Waals surface area contributed by atoms with Crippen LogP contribution in [0.15, 0.2) is 49.9 Å². The van der Waals surface area contributed by atoms with Crippen LogP contribution in [0.5, 0.6) is 0 Å². The minimum Gasteiger partial charge on any atom is -0.467 e. The van der Waals surface area contributed by atoms with E-state index in [1.54, 1.807) is 22.3 Å². The van der Waals surface area contributed by atoms with Gasteiger partial charge in [0.05, 0.1) is 16.8 Å². The van der Waals surface area contributed by atoms with E-state index in [0.29, 0.717) is 23.3 Å². The Bertz CT molecular complexity index is 912. The molecule has 0 aliphatic heterocycles. The predicted octanol–water partition coefficient (Wildman–Crippen LogP) is 3.63. The zero-order chi connectivity index (χ0) is 16.4. The Morgan fingerprint density at radius 2 is 2.25 bits per heavy atom. The number of aromatic nitrogens is 5. The number of hydrogen-bond donors (Lipinski definition) is 0. The Morgan fingerprint density at radius 3 is 3.04 bits per heavy atom. The Balaban J connectivity index is 1.47. The maximum Gasteiger partial charge on any atom is 0.236 e. The first kappa shape index (κ1) is 15.2. The summed E-state index contributed by atoms with van der Waals surface area (Å²) in [5.41, 5.74) is 0.899. The maximum absolute atomic E-state index is 5.76. The van der Waals surface area contributed by atoms with Crippen molar-refractivity contribution < 1.29 is 8.83 Å². The summed E-state index contributed by atoms with van der Waals surface area (Å²) in [5.74, 6) is 2.92. The van der Waals surface area contributed by atoms with Gasteiger partial charge in [-0.15, -0.1) is 16.4 Å². The third kappa shape index (κ3) is 3.13. The van der Waals surface area contributed by atoms with Gasteiger partial charge in [0.1, 0.15) is 18.1 Å². The van der Waals surface area contributed by atoms with Gasteiger partial charge in [-0.3, -0.25) is 0 Å². The van der Waals surface area contributed by atoms with Gasteiger partial charge in [0.2, 0.25) is 11.0 Å². The number of oxazole rings is 1. The van der Waals surface area contributed by atoms with Gasteiger partial charge >= 0.3 is 0 Å². The van der Waals surface area contributed by atoms with E-state index in [-0.39, 0.29) is 0 Å². The minimum absolute atomic E-state index is 0.501. The van der Waals surface area contributed by atoms with Crippen molar-refractivity contribution in [3.05, 3.63) is 53.1 Å². The summed E-state index contributed by atoms with van der Waals surface area (Å²) < 4.78 is 12.8. The van der Waals surface area contributed by atoms with E-state index in [9.17, 15) is 0 Å². The van der Waals surface area contributed by atoms with Crippen LogP contribution >= 0.6 is 23.1 Å². The molecule has 122 valence electrons. The SMILES string of the molecule is Cc1oc(-c2cccs2)nc1CSc1nnnn1Cc1ccco1. The zero-order valence-electron chi connectivity index (χ0n) is 12.7. The van der Waals surface area contributed by atoms with Gasteiger partial charge in [-0.05, 0) is 40.9 Å². The first-order chi connectivity index (χ1) is 11.8. The number of thioether (sulfide) groups is 1. The molecular weight excluding hydrogens is 346 g/mol. The molecule has 4 aromatic rings. The van der Waals surface area contributed by atoms with Crippen LogP contribution in [-0.4, -0.2) is 25.2 Å². The summed E-state index contributed by atoms with van der Waals surface area (Å²) in [7, 11) is 0. The molecule has 0 bridgehead atoms. The molecule has 0 aliphatic rings. The van der Waals surface area contributed by atoms with Crippen LogP contribution in [0.4, 0.5) is 0 Å². The van der Waals surface area contributed by atoms with Crippen LogP contribution in [0, 0.1) is 6.92 Å². The molecule has 9 heteroatoms. The van der Waals surface area contributed by atoms with Crippen LogP contribution in [0.2, 0.25) is 0 Å². The number of aryl methyl sites for hydroxylation is 1. The quantitative estimate of drug-likeness (QED) is 0.486. The normalized spacial score (nSPS) is 11.2. The first-order valence-corrected chi connectivity index (χ1v) is 9.07. The lowest BCUT2D eigenvalue weighted by Crippen LogP contribution is -2.03. The third-order valence-corrected chi connectivity index (χ3v) is 5.17. The molecule has 0 unspecified atom stereocenters. The number of furan rings is 1. The van der Waals surface area contributed by atoms with Crippen molar-refractivity contribution in [1.82, 2.24) is 25.2 Å². The van der Waals surface area contributed by atoms with Crippen molar-refractivity contribution in [3.8, 4) is 10.8 Å². The predicted molar refractivity (Wildman–Crippen MR) is 89.7 cm³/mol. The summed E-state index contributed by atoms with van der Waals surface area (Å²) in [5, 5.41) is 14.5. The van der Waals surface area contributed by atoms with E-state index in [4.69, 9.17) is 8.83 Å². The van der Waals surface area contributed by atoms with Crippen molar-refractivity contribution in [3.63, 3.8) is 0 Å². The van der Waals surface area contributed by atoms with Gasteiger partial charge in [-0.1, -0.05) is 17.8 Å². The van der Waals surface area contributed by atoms with Crippen molar-refractivity contribution >= 4 is 23.1 Å². The van der Waals surface area contributed by atoms with E-state index in [2.05, 4.69) is 20.5 Å². The van der Waals surface area contributed by atoms with Crippen LogP contribution in [0.3, 0.4) is 0 Å². The summed E-state index contributed by atoms with van der Waals surface area (Å²) in [6.07, 6.45) is 1.64. The summed E-state index contributed by atoms with van der Waals surface area (Å²) in [6.45, 7) is 2.42. The van der Waals surface area contributed by atoms with E-state index >= 15 is 0 Å². The lowest BCUT2D eigenvalue weighted by Gasteiger charge is -2.01. The molecule has 7 nitrogen and oxygen atoms in total. The van der Waals surface area contributed by atoms with Crippen LogP contribution in [-0.2, 0) is 12.3 Å². The van der Waals surface area contributed by atoms with Gasteiger partial charge in [-0.25, -0.2) is 9.67 Å². The molecule has 4 aromatic heterocycles. The average molecular weight is 359 g/mol. The Morgan fingerprint density at radius 1 is 1.29 bits per heavy atom. The van der Waals surface area contributed by atoms with Gasteiger partial charge in [0.25, 0.3) is 0 Å². The monoisotopic (exact) mass is 359 g/mol. The molecule has 4 heterocycles. The van der Waals surface area contributed by atoms with E-state index < -0.39 is 0 Å². The average Bonchev–Trinajstić information content (AvgIpc) is 3.35. The number of thiophene rings is 1. The lowest BCUT2D eigenvalue weighted by molar-refractivity contribution is 0.462. The fourth-order valence-corrected chi connectivity index (χ4v) is 3.68. The van der Waals surface area contributed by atoms with Crippen LogP contribution in [0.25, 0.3) is 10.8 Å². The fourth-order valence-electron chi connectivity index (χ4n) is 2.15. The van der Waals surface area contributed by atoms with Gasteiger partial charge in [0, 0.05) is 5.75 Å². The highest BCUT2D eigenvalue weighted by molar-refractivity contribution is 7.98. The molecule has 4 rings (SSSR count). The smallest absolute Gasteiger partial charge is 0.236 e. The Hall–Kier alpha value is -2.39. The second-order valence-corrected chi connectivity index (χ2v) is 6.88. The number of tetrazole rings is 1. The fraction of sp³-hybridized carbons (Fsp3) is 0.200. The number of hydrogen-bond acceptors (Lipinski definition) is 8. The molecule has 0 fully saturated rings. The molecule has 0 spiro atoms. The summed E-state index contributed by atoms with van der Waals surface area (Å²) in [4.78, 5) is 5.61. The topological polar surface area (TPSA) is 82.8 Å². The largest absolute Gasteiger partial charge is 0.467 e. The number of nitrogens with zero attached hydrogens (tertiary/aromatic N) is 5. The molecule has 0 amide bonds. The van der Waals surface area contributed by atoms with Crippen LogP contribution < -0.4 is 0 Å². The summed E-state index contributed by atoms with van der Waals surface area (Å²) in [6, 6.07) is 7.72. The molecule has 0 aliphatic carbocycles. The van der Waals surface area contributed by atoms with E-state index in [1.165, 1.54) is 11.8 Å². The van der Waals surface area contributed by atoms with Crippen molar-refractivity contribution in [2.45, 2.75) is 24.4 Å². The van der Waals surface area contributed by atoms with Crippen LogP contribution in [0.1, 0.15) is 17.2 Å². The van der Waals surface area contributed by atoms with E-state index in [1.807, 2.05) is 36.6 Å². The molecule has 0 aromatic carbocycles. The van der Waals surface area contributed by atoms with Crippen molar-refractivity contribution in [1.29, 1.82) is 0 Å². The lowest BCUT2D eigenvalue weighted by atomic mass is 10.4. The highest BCUT2D eigenvalue weighted by Crippen LogP contribution is 2.28. The number of rotatable bonds is 6. The molecule has 24 heavy (non-hydrogen) atoms. The molecule has 0 saturated heterocycles. The molecule has 0 radical (unpaired) electrons. The van der Waals surface area contributed by atoms with E-state index in [0.717, 1.165) is 22.1 Å². The van der Waals surface area contributed by atoms with Crippen molar-refractivity contribution in [2.75, 3.05) is 0 Å². The Kier molecular flexibility index (Phi) is 4.18. The molecule has 0 N–H and O–H groups in total. The zero-order valence-corrected chi connectivity index (χ0v) is 14.4. The molecule has 0 atom stereocenters. The molecule has 0 saturated carbocycles. The van der Waals surface area contributed by atoms with Gasteiger partial charge in [-0.2, -0.15) is 0 Å². The standard InChI is InChI=1S/C15H13N5O2S2/c1-10-12(16-14(22-10)13-5-3-7-23-13)9-24-15-17-18-19-20(15)8-11-4-2-6-21-11/h2-7H,8-9H2,1H3. The second-order valence-electron chi connectivity index (χ2n) is 4.99. The third-order valence-electron chi connectivity index (χ3n) is 3.35. The van der Waals surface area contributed by atoms with Crippen molar-refractivity contribution in [2.24, 2.45) is 0 Å². The first-order valence-electron chi connectivity index (χ1n) is 7.21. The van der Waals surface area contributed by atoms with Gasteiger partial charge in [0.15, 0.2) is 0 Å². The second kappa shape index (κ2) is 6.62.